The van der Waals surface area contributed by atoms with Gasteiger partial charge in [0.25, 0.3) is 5.91 Å². The molecule has 0 radical (unpaired) electrons. The Bertz CT molecular complexity index is 1310. The Hall–Kier alpha value is -3.37. The number of rotatable bonds is 7. The summed E-state index contributed by atoms with van der Waals surface area (Å²) in [7, 11) is 6.89. The normalized spacial score (nSPS) is 26.6. The molecule has 0 aromatic heterocycles. The molecule has 3 aliphatic rings. The van der Waals surface area contributed by atoms with E-state index in [0.29, 0.717) is 23.5 Å². The van der Waals surface area contributed by atoms with Gasteiger partial charge in [0, 0.05) is 31.3 Å². The monoisotopic (exact) mass is 541 g/mol. The minimum absolute atomic E-state index is 0.0650. The highest BCUT2D eigenvalue weighted by Crippen LogP contribution is 2.54. The number of aryl methyl sites for hydroxylation is 1. The van der Waals surface area contributed by atoms with Crippen LogP contribution in [0.25, 0.3) is 5.76 Å². The number of nitrogens with two attached hydrogens (primary N) is 1. The summed E-state index contributed by atoms with van der Waals surface area (Å²) in [5.74, 6) is -5.89. The molecule has 0 spiro atoms. The molecule has 0 unspecified atom stereocenters. The summed E-state index contributed by atoms with van der Waals surface area (Å²) in [5, 5.41) is 45.6. The van der Waals surface area contributed by atoms with Gasteiger partial charge in [-0.3, -0.25) is 19.3 Å². The number of ketones is 2. The van der Waals surface area contributed by atoms with Gasteiger partial charge in [-0.2, -0.15) is 0 Å². The predicted octanol–water partition coefficient (Wildman–Crippen LogP) is 2.01. The van der Waals surface area contributed by atoms with E-state index in [1.54, 1.807) is 14.1 Å². The summed E-state index contributed by atoms with van der Waals surface area (Å²) in [4.78, 5) is 42.7. The fraction of sp³-hybridized carbons (Fsp3) is 0.552. The number of fused-ring (bicyclic) bond motifs is 3. The quantitative estimate of drug-likeness (QED) is 0.325. The van der Waals surface area contributed by atoms with Gasteiger partial charge in [0.15, 0.2) is 11.4 Å². The highest BCUT2D eigenvalue weighted by atomic mass is 16.3. The molecular weight excluding hydrogens is 502 g/mol. The fourth-order valence-corrected chi connectivity index (χ4v) is 6.64. The van der Waals surface area contributed by atoms with E-state index in [2.05, 4.69) is 13.8 Å². The van der Waals surface area contributed by atoms with Gasteiger partial charge in [-0.05, 0) is 68.8 Å². The molecule has 1 aromatic carbocycles. The van der Waals surface area contributed by atoms with Crippen LogP contribution in [0.15, 0.2) is 23.0 Å². The number of carbonyl (C=O) groups is 3. The largest absolute Gasteiger partial charge is 0.508 e. The van der Waals surface area contributed by atoms with Crippen LogP contribution in [0.1, 0.15) is 49.8 Å². The lowest BCUT2D eigenvalue weighted by molar-refractivity contribution is -0.153. The number of aromatic hydroxyl groups is 1. The third kappa shape index (κ3) is 4.30. The van der Waals surface area contributed by atoms with Gasteiger partial charge in [-0.25, -0.2) is 0 Å². The van der Waals surface area contributed by atoms with Crippen molar-refractivity contribution in [3.8, 4) is 5.75 Å². The average Bonchev–Trinajstić information content (AvgIpc) is 2.81. The first kappa shape index (κ1) is 28.6. The number of hydrogen-bond acceptors (Lipinski definition) is 9. The molecule has 10 nitrogen and oxygen atoms in total. The van der Waals surface area contributed by atoms with Crippen LogP contribution in [0.4, 0.5) is 5.69 Å². The average molecular weight is 542 g/mol. The van der Waals surface area contributed by atoms with Gasteiger partial charge in [0.05, 0.1) is 11.6 Å². The lowest BCUT2D eigenvalue weighted by Crippen LogP contribution is -2.65. The lowest BCUT2D eigenvalue weighted by Gasteiger charge is -2.50. The van der Waals surface area contributed by atoms with Crippen molar-refractivity contribution in [1.29, 1.82) is 0 Å². The molecule has 0 saturated heterocycles. The summed E-state index contributed by atoms with van der Waals surface area (Å²) in [6.45, 7) is 4.24. The lowest BCUT2D eigenvalue weighted by atomic mass is 9.57. The van der Waals surface area contributed by atoms with Crippen molar-refractivity contribution in [2.24, 2.45) is 23.5 Å². The Morgan fingerprint density at radius 1 is 1.15 bits per heavy atom. The molecule has 39 heavy (non-hydrogen) atoms. The van der Waals surface area contributed by atoms with E-state index in [1.165, 1.54) is 4.90 Å². The number of hydrogen-bond donors (Lipinski definition) is 5. The molecular formula is C29H39N3O7. The van der Waals surface area contributed by atoms with Gasteiger partial charge in [0.2, 0.25) is 5.78 Å². The van der Waals surface area contributed by atoms with Crippen LogP contribution in [0.5, 0.6) is 5.75 Å². The van der Waals surface area contributed by atoms with Gasteiger partial charge in [-0.15, -0.1) is 0 Å². The second-order valence-electron chi connectivity index (χ2n) is 11.9. The van der Waals surface area contributed by atoms with Gasteiger partial charge in [-0.1, -0.05) is 20.3 Å². The van der Waals surface area contributed by atoms with Crippen LogP contribution in [-0.4, -0.2) is 82.6 Å². The molecule has 3 aliphatic carbocycles. The van der Waals surface area contributed by atoms with E-state index in [1.807, 2.05) is 25.1 Å². The Morgan fingerprint density at radius 3 is 2.33 bits per heavy atom. The van der Waals surface area contributed by atoms with E-state index in [4.69, 9.17) is 5.73 Å². The molecule has 0 aliphatic heterocycles. The standard InChI is InChI=1S/C29H39N3O7/c1-13(2)8-7-9-14-12-18(31(3)4)16-10-15-11-17-22(32(5)6)25(35)21(28(30)38)27(37)29(17,39)26(36)19(15)24(34)20(16)23(14)33/h12-13,15,17,22,33-34,37,39H,7-11H2,1-6H3,(H2,30,38)/t15-,17-,22-,29-/m1/s1. The van der Waals surface area contributed by atoms with Crippen molar-refractivity contribution in [2.45, 2.75) is 57.6 Å². The second-order valence-corrected chi connectivity index (χ2v) is 11.9. The maximum Gasteiger partial charge on any atom is 0.255 e. The SMILES string of the molecule is CC(C)CCCc1cc(N(C)C)c2c(c1O)C(O)=C1C(=O)[C@@]3(O)C(O)=C(C(N)=O)C(=O)[C@H](N(C)C)[C@H]3C[C@H]1C2. The number of phenolic OH excluding ortho intramolecular Hbond substituents is 1. The molecule has 1 aromatic rings. The third-order valence-corrected chi connectivity index (χ3v) is 8.49. The zero-order valence-electron chi connectivity index (χ0n) is 23.4. The second kappa shape index (κ2) is 9.98. The molecule has 212 valence electrons. The maximum absolute atomic E-state index is 14.0. The van der Waals surface area contributed by atoms with E-state index in [9.17, 15) is 34.8 Å². The molecule has 0 heterocycles. The number of phenols is 1. The Morgan fingerprint density at radius 2 is 1.79 bits per heavy atom. The molecule has 10 heteroatoms. The van der Waals surface area contributed by atoms with Crippen molar-refractivity contribution in [2.75, 3.05) is 33.1 Å². The number of aliphatic hydroxyl groups excluding tert-OH is 2. The molecule has 1 saturated carbocycles. The number of primary amides is 1. The van der Waals surface area contributed by atoms with E-state index < -0.39 is 58.0 Å². The number of benzene rings is 1. The number of anilines is 1. The summed E-state index contributed by atoms with van der Waals surface area (Å²) in [6, 6.07) is 0.807. The number of Topliss-reactive ketones (excluding diaryl/α,β-unsaturated/α-hetero) is 2. The Labute approximate surface area is 228 Å². The van der Waals surface area contributed by atoms with Crippen LogP contribution >= 0.6 is 0 Å². The molecule has 1 fully saturated rings. The number of aliphatic hydroxyl groups is 3. The molecule has 0 bridgehead atoms. The summed E-state index contributed by atoms with van der Waals surface area (Å²) in [6.07, 6.45) is 2.68. The topological polar surface area (TPSA) is 165 Å². The first-order chi connectivity index (χ1) is 18.1. The van der Waals surface area contributed by atoms with Gasteiger partial charge < -0.3 is 31.1 Å². The van der Waals surface area contributed by atoms with Gasteiger partial charge >= 0.3 is 0 Å². The Balaban J connectivity index is 1.93. The van der Waals surface area contributed by atoms with Crippen LogP contribution < -0.4 is 10.6 Å². The van der Waals surface area contributed by atoms with Crippen LogP contribution in [-0.2, 0) is 27.2 Å². The van der Waals surface area contributed by atoms with E-state index in [0.717, 1.165) is 18.5 Å². The van der Waals surface area contributed by atoms with Crippen LogP contribution in [0.2, 0.25) is 0 Å². The molecule has 1 amide bonds. The van der Waals surface area contributed by atoms with Crippen molar-refractivity contribution in [3.63, 3.8) is 0 Å². The Kier molecular flexibility index (Phi) is 7.33. The van der Waals surface area contributed by atoms with Crippen molar-refractivity contribution >= 4 is 28.9 Å². The summed E-state index contributed by atoms with van der Waals surface area (Å²) < 4.78 is 0. The molecule has 6 N–H and O–H groups in total. The fourth-order valence-electron chi connectivity index (χ4n) is 6.64. The third-order valence-electron chi connectivity index (χ3n) is 8.49. The zero-order chi connectivity index (χ0) is 29.1. The number of carbonyl (C=O) groups excluding carboxylic acids is 3. The van der Waals surface area contributed by atoms with Crippen molar-refractivity contribution in [1.82, 2.24) is 4.90 Å². The highest BCUT2D eigenvalue weighted by Gasteiger charge is 2.64. The minimum atomic E-state index is -2.64. The predicted molar refractivity (Wildman–Crippen MR) is 146 cm³/mol. The minimum Gasteiger partial charge on any atom is -0.508 e. The highest BCUT2D eigenvalue weighted by molar-refractivity contribution is 6.24. The maximum atomic E-state index is 14.0. The number of amides is 1. The zero-order valence-corrected chi connectivity index (χ0v) is 23.4. The first-order valence-electron chi connectivity index (χ1n) is 13.3. The van der Waals surface area contributed by atoms with Gasteiger partial charge in [0.1, 0.15) is 22.8 Å². The molecule has 4 rings (SSSR count). The number of nitrogens with zero attached hydrogens (tertiary/aromatic N) is 2. The number of likely N-dealkylation sites (N-methyl/N-ethyl adjacent to an activating group) is 1. The smallest absolute Gasteiger partial charge is 0.255 e. The van der Waals surface area contributed by atoms with E-state index in [-0.39, 0.29) is 29.7 Å². The molecule has 4 atom stereocenters. The van der Waals surface area contributed by atoms with Crippen molar-refractivity contribution < 1.29 is 34.8 Å². The summed E-state index contributed by atoms with van der Waals surface area (Å²) in [5.41, 5.74) is 4.02. The van der Waals surface area contributed by atoms with Crippen molar-refractivity contribution in [3.05, 3.63) is 39.7 Å². The van der Waals surface area contributed by atoms with E-state index >= 15 is 0 Å². The van der Waals surface area contributed by atoms with Crippen LogP contribution in [0, 0.1) is 17.8 Å². The van der Waals surface area contributed by atoms with Crippen LogP contribution in [0.3, 0.4) is 0 Å². The first-order valence-corrected chi connectivity index (χ1v) is 13.3. The summed E-state index contributed by atoms with van der Waals surface area (Å²) >= 11 is 0.